The van der Waals surface area contributed by atoms with Crippen LogP contribution in [0.4, 0.5) is 10.6 Å². The van der Waals surface area contributed by atoms with Crippen molar-refractivity contribution in [2.45, 2.75) is 136 Å². The van der Waals surface area contributed by atoms with Crippen molar-refractivity contribution >= 4 is 30.3 Å². The SMILES string of the molecule is CC[C@H]1[C@@H](O[Si](C)(C)C)[C@@H]2[C@H](CC[C@]3(C)[C@@H]([C@H](C)COC(=O)NS(=O)(=O)c4ccc(N5CCCCC5)nc4)CC[C@@H]23)[C@@]2(C)CC[C@@H](C)C[C@@H]12. The first kappa shape index (κ1) is 37.1. The van der Waals surface area contributed by atoms with Crippen LogP contribution >= 0.6 is 0 Å². The molecule has 1 N–H and O–H groups in total. The van der Waals surface area contributed by atoms with Gasteiger partial charge in [-0.2, -0.15) is 0 Å². The molecule has 1 saturated heterocycles. The summed E-state index contributed by atoms with van der Waals surface area (Å²) in [7, 11) is -5.87. The fourth-order valence-corrected chi connectivity index (χ4v) is 14.0. The Balaban J connectivity index is 1.13. The van der Waals surface area contributed by atoms with E-state index in [1.54, 1.807) is 6.07 Å². The molecule has 1 amide bonds. The molecule has 2 heterocycles. The number of piperidine rings is 1. The van der Waals surface area contributed by atoms with Gasteiger partial charge in [-0.15, -0.1) is 0 Å². The van der Waals surface area contributed by atoms with Crippen molar-refractivity contribution < 1.29 is 22.4 Å². The van der Waals surface area contributed by atoms with Crippen LogP contribution in [0.25, 0.3) is 0 Å². The van der Waals surface area contributed by atoms with E-state index in [0.29, 0.717) is 41.1 Å². The normalized spacial score (nSPS) is 38.6. The van der Waals surface area contributed by atoms with E-state index in [-0.39, 0.29) is 22.8 Å². The molecule has 6 rings (SSSR count). The second-order valence-electron chi connectivity index (χ2n) is 18.4. The van der Waals surface area contributed by atoms with E-state index in [4.69, 9.17) is 9.16 Å². The molecule has 5 aliphatic rings. The Morgan fingerprint density at radius 2 is 1.71 bits per heavy atom. The van der Waals surface area contributed by atoms with Crippen molar-refractivity contribution in [1.29, 1.82) is 0 Å². The highest BCUT2D eigenvalue weighted by atomic mass is 32.2. The standard InChI is InChI=1S/C39H65N3O5SSi/c1-9-29-33-23-26(2)17-19-39(33,5)32-18-20-38(4)30(14-15-31(38)35(32)36(29)47-49(6,7)8)27(3)25-46-37(43)41-48(44,45)28-13-16-34(40-24-28)42-21-11-10-12-22-42/h13,16,24,26-27,29-33,35-36H,9-12,14-15,17-23,25H2,1-8H3,(H,41,43)/t26-,27-,29-,30-,31+,32+,33+,35+,36-,38-,39-/m1/s1. The minimum atomic E-state index is -4.08. The zero-order chi connectivity index (χ0) is 35.4. The summed E-state index contributed by atoms with van der Waals surface area (Å²) in [6, 6.07) is 3.25. The number of hydrogen-bond donors (Lipinski definition) is 1. The van der Waals surface area contributed by atoms with E-state index >= 15 is 0 Å². The molecule has 10 heteroatoms. The minimum Gasteiger partial charge on any atom is -0.449 e. The maximum atomic E-state index is 13.1. The highest BCUT2D eigenvalue weighted by Gasteiger charge is 2.65. The highest BCUT2D eigenvalue weighted by molar-refractivity contribution is 7.90. The maximum Gasteiger partial charge on any atom is 0.421 e. The van der Waals surface area contributed by atoms with Crippen LogP contribution in [0.3, 0.4) is 0 Å². The first-order valence-corrected chi connectivity index (χ1v) is 24.5. The van der Waals surface area contributed by atoms with Gasteiger partial charge in [-0.05, 0) is 148 Å². The van der Waals surface area contributed by atoms with Crippen molar-refractivity contribution in [2.24, 2.45) is 58.2 Å². The van der Waals surface area contributed by atoms with Gasteiger partial charge in [0.2, 0.25) is 0 Å². The van der Waals surface area contributed by atoms with Gasteiger partial charge in [-0.1, -0.05) is 47.5 Å². The third-order valence-corrected chi connectivity index (χ3v) is 16.6. The molecule has 276 valence electrons. The number of carbonyl (C=O) groups excluding carboxylic acids is 1. The Morgan fingerprint density at radius 3 is 2.37 bits per heavy atom. The first-order valence-electron chi connectivity index (χ1n) is 19.7. The Morgan fingerprint density at radius 1 is 1.02 bits per heavy atom. The number of carbonyl (C=O) groups is 1. The van der Waals surface area contributed by atoms with Crippen LogP contribution in [0.5, 0.6) is 0 Å². The number of fused-ring (bicyclic) bond motifs is 5. The number of nitrogens with zero attached hydrogens (tertiary/aromatic N) is 2. The van der Waals surface area contributed by atoms with Gasteiger partial charge in [0.05, 0.1) is 12.7 Å². The van der Waals surface area contributed by atoms with Gasteiger partial charge in [0.1, 0.15) is 10.7 Å². The molecule has 5 fully saturated rings. The molecule has 49 heavy (non-hydrogen) atoms. The lowest BCUT2D eigenvalue weighted by Crippen LogP contribution is -2.63. The summed E-state index contributed by atoms with van der Waals surface area (Å²) >= 11 is 0. The molecule has 1 aromatic heterocycles. The van der Waals surface area contributed by atoms with Crippen LogP contribution in [0.15, 0.2) is 23.2 Å². The predicted molar refractivity (Wildman–Crippen MR) is 198 cm³/mol. The quantitative estimate of drug-likeness (QED) is 0.255. The van der Waals surface area contributed by atoms with Gasteiger partial charge in [-0.3, -0.25) is 0 Å². The number of aromatic nitrogens is 1. The molecular weight excluding hydrogens is 651 g/mol. The zero-order valence-electron chi connectivity index (χ0n) is 31.7. The number of sulfonamides is 1. The van der Waals surface area contributed by atoms with Crippen molar-refractivity contribution in [3.05, 3.63) is 18.3 Å². The van der Waals surface area contributed by atoms with Crippen LogP contribution in [0, 0.1) is 58.2 Å². The molecule has 1 aromatic rings. The molecular formula is C39H65N3O5SSi. The highest BCUT2D eigenvalue weighted by Crippen LogP contribution is 2.70. The second-order valence-corrected chi connectivity index (χ2v) is 24.5. The van der Waals surface area contributed by atoms with E-state index in [1.807, 2.05) is 0 Å². The topological polar surface area (TPSA) is 97.8 Å². The lowest BCUT2D eigenvalue weighted by atomic mass is 9.41. The van der Waals surface area contributed by atoms with Gasteiger partial charge in [-0.25, -0.2) is 22.9 Å². The van der Waals surface area contributed by atoms with E-state index in [1.165, 1.54) is 63.6 Å². The van der Waals surface area contributed by atoms with Crippen molar-refractivity contribution in [3.8, 4) is 0 Å². The van der Waals surface area contributed by atoms with Crippen molar-refractivity contribution in [3.63, 3.8) is 0 Å². The molecule has 0 radical (unpaired) electrons. The molecule has 0 bridgehead atoms. The van der Waals surface area contributed by atoms with Gasteiger partial charge in [0.25, 0.3) is 10.0 Å². The molecule has 11 atom stereocenters. The van der Waals surface area contributed by atoms with Crippen LogP contribution in [-0.2, 0) is 19.2 Å². The Hall–Kier alpha value is -1.65. The summed E-state index contributed by atoms with van der Waals surface area (Å²) in [5.74, 6) is 5.36. The smallest absolute Gasteiger partial charge is 0.421 e. The summed E-state index contributed by atoms with van der Waals surface area (Å²) in [6.07, 6.45) is 14.2. The molecule has 1 aliphatic heterocycles. The Labute approximate surface area is 298 Å². The number of hydrogen-bond acceptors (Lipinski definition) is 7. The van der Waals surface area contributed by atoms with Gasteiger partial charge in [0.15, 0.2) is 8.32 Å². The zero-order valence-corrected chi connectivity index (χ0v) is 33.5. The number of pyridine rings is 1. The number of ether oxygens (including phenoxy) is 1. The third kappa shape index (κ3) is 7.22. The molecule has 0 unspecified atom stereocenters. The van der Waals surface area contributed by atoms with E-state index < -0.39 is 24.4 Å². The van der Waals surface area contributed by atoms with E-state index in [9.17, 15) is 13.2 Å². The molecule has 0 aromatic carbocycles. The molecule has 4 aliphatic carbocycles. The maximum absolute atomic E-state index is 13.1. The largest absolute Gasteiger partial charge is 0.449 e. The fourth-order valence-electron chi connectivity index (χ4n) is 12.1. The van der Waals surface area contributed by atoms with E-state index in [0.717, 1.165) is 50.0 Å². The van der Waals surface area contributed by atoms with Crippen LogP contribution in [0.2, 0.25) is 19.6 Å². The average molecular weight is 716 g/mol. The van der Waals surface area contributed by atoms with Gasteiger partial charge in [0, 0.05) is 19.3 Å². The Bertz CT molecular complexity index is 1430. The number of anilines is 1. The van der Waals surface area contributed by atoms with Crippen molar-refractivity contribution in [1.82, 2.24) is 9.71 Å². The third-order valence-electron chi connectivity index (χ3n) is 14.3. The van der Waals surface area contributed by atoms with Crippen molar-refractivity contribution in [2.75, 3.05) is 24.6 Å². The van der Waals surface area contributed by atoms with Gasteiger partial charge < -0.3 is 14.1 Å². The second kappa shape index (κ2) is 14.1. The van der Waals surface area contributed by atoms with Crippen LogP contribution in [0.1, 0.15) is 105 Å². The van der Waals surface area contributed by atoms with Gasteiger partial charge >= 0.3 is 6.09 Å². The first-order chi connectivity index (χ1) is 23.1. The predicted octanol–water partition coefficient (Wildman–Crippen LogP) is 8.88. The molecule has 0 spiro atoms. The number of amides is 1. The monoisotopic (exact) mass is 715 g/mol. The fraction of sp³-hybridized carbons (Fsp3) is 0.846. The number of rotatable bonds is 9. The van der Waals surface area contributed by atoms with Crippen LogP contribution in [-0.4, -0.2) is 53.6 Å². The lowest BCUT2D eigenvalue weighted by Gasteiger charge is -2.66. The summed E-state index contributed by atoms with van der Waals surface area (Å²) in [4.78, 5) is 19.4. The summed E-state index contributed by atoms with van der Waals surface area (Å²) in [5.41, 5.74) is 0.539. The molecule has 4 saturated carbocycles. The number of nitrogens with one attached hydrogen (secondary N) is 1. The van der Waals surface area contributed by atoms with E-state index in [2.05, 4.69) is 68.9 Å². The summed E-state index contributed by atoms with van der Waals surface area (Å²) in [6.45, 7) is 21.4. The molecule has 8 nitrogen and oxygen atoms in total. The lowest BCUT2D eigenvalue weighted by molar-refractivity contribution is -0.193. The minimum absolute atomic E-state index is 0.0301. The summed E-state index contributed by atoms with van der Waals surface area (Å²) in [5, 5.41) is 0. The summed E-state index contributed by atoms with van der Waals surface area (Å²) < 4.78 is 41.2. The van der Waals surface area contributed by atoms with Crippen LogP contribution < -0.4 is 9.62 Å². The Kier molecular flexibility index (Phi) is 10.6. The average Bonchev–Trinajstić information content (AvgIpc) is 3.41.